The van der Waals surface area contributed by atoms with Gasteiger partial charge in [0.2, 0.25) is 5.91 Å². The van der Waals surface area contributed by atoms with Crippen molar-refractivity contribution in [3.63, 3.8) is 0 Å². The number of nitrogens with zero attached hydrogens (tertiary/aromatic N) is 2. The molecule has 2 N–H and O–H groups in total. The number of amides is 1. The Morgan fingerprint density at radius 2 is 1.95 bits per heavy atom. The summed E-state index contributed by atoms with van der Waals surface area (Å²) in [4.78, 5) is 15.5. The molecule has 1 aliphatic heterocycles. The summed E-state index contributed by atoms with van der Waals surface area (Å²) in [5.41, 5.74) is 5.44. The third kappa shape index (κ3) is 3.62. The second-order valence-corrected chi connectivity index (χ2v) is 5.05. The van der Waals surface area contributed by atoms with Crippen LogP contribution in [0.3, 0.4) is 0 Å². The van der Waals surface area contributed by atoms with E-state index in [0.717, 1.165) is 22.8 Å². The molecule has 1 unspecified atom stereocenters. The Hall–Kier alpha value is -2.40. The van der Waals surface area contributed by atoms with E-state index in [1.165, 1.54) is 0 Å². The topological polar surface area (TPSA) is 66.4 Å². The molecule has 1 atom stereocenters. The first-order chi connectivity index (χ1) is 10.2. The number of hydrogen-bond donors (Lipinski definition) is 2. The number of hydrogen-bond acceptors (Lipinski definition) is 4. The molecule has 3 rings (SSSR count). The van der Waals surface area contributed by atoms with Crippen molar-refractivity contribution in [3.05, 3.63) is 54.2 Å². The first kappa shape index (κ1) is 16.0. The maximum atomic E-state index is 11.3. The van der Waals surface area contributed by atoms with Gasteiger partial charge in [-0.25, -0.2) is 10.4 Å². The molecule has 5 nitrogen and oxygen atoms in total. The van der Waals surface area contributed by atoms with Gasteiger partial charge in [0, 0.05) is 24.2 Å². The SMILES string of the molecule is CC1CC(=O)NN=C1c1ccc(Nc2ccccn2)cc1.Cl. The number of carbonyl (C=O) groups is 1. The minimum absolute atomic E-state index is 0. The molecule has 114 valence electrons. The number of benzene rings is 1. The van der Waals surface area contributed by atoms with Gasteiger partial charge in [-0.2, -0.15) is 5.10 Å². The number of nitrogens with one attached hydrogen (secondary N) is 2. The Morgan fingerprint density at radius 3 is 2.59 bits per heavy atom. The normalized spacial score (nSPS) is 17.0. The molecule has 22 heavy (non-hydrogen) atoms. The summed E-state index contributed by atoms with van der Waals surface area (Å²) < 4.78 is 0. The van der Waals surface area contributed by atoms with Crippen LogP contribution in [0.1, 0.15) is 18.9 Å². The van der Waals surface area contributed by atoms with Gasteiger partial charge in [0.15, 0.2) is 0 Å². The second-order valence-electron chi connectivity index (χ2n) is 5.05. The number of aromatic nitrogens is 1. The minimum atomic E-state index is -0.0281. The van der Waals surface area contributed by atoms with E-state index in [-0.39, 0.29) is 24.2 Å². The summed E-state index contributed by atoms with van der Waals surface area (Å²) >= 11 is 0. The number of pyridine rings is 1. The van der Waals surface area contributed by atoms with Gasteiger partial charge >= 0.3 is 0 Å². The van der Waals surface area contributed by atoms with E-state index < -0.39 is 0 Å². The Kier molecular flexibility index (Phi) is 5.12. The molecular weight excluding hydrogens is 300 g/mol. The Balaban J connectivity index is 0.00000176. The van der Waals surface area contributed by atoms with E-state index >= 15 is 0 Å². The fourth-order valence-corrected chi connectivity index (χ4v) is 2.31. The van der Waals surface area contributed by atoms with E-state index in [9.17, 15) is 4.79 Å². The molecule has 2 aromatic rings. The highest BCUT2D eigenvalue weighted by Gasteiger charge is 2.21. The highest BCUT2D eigenvalue weighted by molar-refractivity contribution is 6.05. The van der Waals surface area contributed by atoms with Gasteiger partial charge < -0.3 is 5.32 Å². The molecule has 0 fully saturated rings. The molecule has 0 radical (unpaired) electrons. The van der Waals surface area contributed by atoms with Crippen molar-refractivity contribution in [2.24, 2.45) is 11.0 Å². The van der Waals surface area contributed by atoms with Crippen molar-refractivity contribution in [2.45, 2.75) is 13.3 Å². The van der Waals surface area contributed by atoms with Crippen LogP contribution in [0.5, 0.6) is 0 Å². The van der Waals surface area contributed by atoms with E-state index in [0.29, 0.717) is 6.42 Å². The van der Waals surface area contributed by atoms with E-state index in [1.807, 2.05) is 49.4 Å². The van der Waals surface area contributed by atoms with Crippen molar-refractivity contribution in [1.82, 2.24) is 10.4 Å². The van der Waals surface area contributed by atoms with Crippen molar-refractivity contribution in [2.75, 3.05) is 5.32 Å². The zero-order valence-corrected chi connectivity index (χ0v) is 12.9. The largest absolute Gasteiger partial charge is 0.340 e. The lowest BCUT2D eigenvalue weighted by molar-refractivity contribution is -0.121. The van der Waals surface area contributed by atoms with Crippen LogP contribution in [-0.2, 0) is 4.79 Å². The maximum absolute atomic E-state index is 11.3. The van der Waals surface area contributed by atoms with E-state index in [2.05, 4.69) is 20.8 Å². The van der Waals surface area contributed by atoms with Gasteiger partial charge in [-0.15, -0.1) is 12.4 Å². The number of halogens is 1. The lowest BCUT2D eigenvalue weighted by atomic mass is 9.94. The summed E-state index contributed by atoms with van der Waals surface area (Å²) in [5, 5.41) is 7.39. The van der Waals surface area contributed by atoms with Crippen LogP contribution in [0.15, 0.2) is 53.8 Å². The van der Waals surface area contributed by atoms with Gasteiger partial charge in [0.25, 0.3) is 0 Å². The monoisotopic (exact) mass is 316 g/mol. The van der Waals surface area contributed by atoms with Crippen molar-refractivity contribution in [1.29, 1.82) is 0 Å². The highest BCUT2D eigenvalue weighted by atomic mass is 35.5. The van der Waals surface area contributed by atoms with Gasteiger partial charge in [-0.3, -0.25) is 4.79 Å². The fraction of sp³-hybridized carbons (Fsp3) is 0.188. The zero-order valence-electron chi connectivity index (χ0n) is 12.1. The third-order valence-corrected chi connectivity index (χ3v) is 3.38. The molecule has 6 heteroatoms. The molecule has 0 saturated carbocycles. The highest BCUT2D eigenvalue weighted by Crippen LogP contribution is 2.20. The van der Waals surface area contributed by atoms with Crippen LogP contribution in [0.4, 0.5) is 11.5 Å². The van der Waals surface area contributed by atoms with Crippen molar-refractivity contribution >= 4 is 35.5 Å². The average molecular weight is 317 g/mol. The molecule has 1 aliphatic rings. The fourth-order valence-electron chi connectivity index (χ4n) is 2.31. The number of anilines is 2. The number of carbonyl (C=O) groups excluding carboxylic acids is 1. The molecular formula is C16H17ClN4O. The third-order valence-electron chi connectivity index (χ3n) is 3.38. The van der Waals surface area contributed by atoms with Gasteiger partial charge in [0.05, 0.1) is 5.71 Å². The summed E-state index contributed by atoms with van der Waals surface area (Å²) in [6, 6.07) is 13.7. The van der Waals surface area contributed by atoms with Crippen LogP contribution in [0, 0.1) is 5.92 Å². The van der Waals surface area contributed by atoms with Gasteiger partial charge in [-0.1, -0.05) is 25.1 Å². The summed E-state index contributed by atoms with van der Waals surface area (Å²) in [5.74, 6) is 0.911. The van der Waals surface area contributed by atoms with Crippen LogP contribution < -0.4 is 10.7 Å². The van der Waals surface area contributed by atoms with Crippen LogP contribution in [-0.4, -0.2) is 16.6 Å². The summed E-state index contributed by atoms with van der Waals surface area (Å²) in [6.07, 6.45) is 2.23. The predicted octanol–water partition coefficient (Wildman–Crippen LogP) is 3.11. The van der Waals surface area contributed by atoms with E-state index in [4.69, 9.17) is 0 Å². The molecule has 1 aromatic carbocycles. The second kappa shape index (κ2) is 7.04. The predicted molar refractivity (Wildman–Crippen MR) is 89.7 cm³/mol. The van der Waals surface area contributed by atoms with Crippen molar-refractivity contribution in [3.8, 4) is 0 Å². The molecule has 1 amide bonds. The van der Waals surface area contributed by atoms with Gasteiger partial charge in [0.1, 0.15) is 5.82 Å². The van der Waals surface area contributed by atoms with Crippen molar-refractivity contribution < 1.29 is 4.79 Å². The van der Waals surface area contributed by atoms with Crippen LogP contribution >= 0.6 is 12.4 Å². The Morgan fingerprint density at radius 1 is 1.18 bits per heavy atom. The zero-order chi connectivity index (χ0) is 14.7. The molecule has 1 aromatic heterocycles. The first-order valence-electron chi connectivity index (χ1n) is 6.87. The van der Waals surface area contributed by atoms with E-state index in [1.54, 1.807) is 6.20 Å². The molecule has 0 spiro atoms. The van der Waals surface area contributed by atoms with Gasteiger partial charge in [-0.05, 0) is 29.8 Å². The lowest BCUT2D eigenvalue weighted by Crippen LogP contribution is -2.31. The smallest absolute Gasteiger partial charge is 0.240 e. The molecule has 0 saturated heterocycles. The minimum Gasteiger partial charge on any atom is -0.340 e. The average Bonchev–Trinajstić information content (AvgIpc) is 2.49. The lowest BCUT2D eigenvalue weighted by Gasteiger charge is -2.19. The maximum Gasteiger partial charge on any atom is 0.240 e. The van der Waals surface area contributed by atoms with Crippen LogP contribution in [0.2, 0.25) is 0 Å². The Bertz CT molecular complexity index is 670. The molecule has 2 heterocycles. The number of hydrazone groups is 1. The summed E-state index contributed by atoms with van der Waals surface area (Å²) in [6.45, 7) is 2.01. The first-order valence-corrected chi connectivity index (χ1v) is 6.87. The van der Waals surface area contributed by atoms with Crippen LogP contribution in [0.25, 0.3) is 0 Å². The molecule has 0 aliphatic carbocycles. The Labute approximate surface area is 135 Å². The number of rotatable bonds is 3. The molecule has 0 bridgehead atoms. The quantitative estimate of drug-likeness (QED) is 0.914. The standard InChI is InChI=1S/C16H16N4O.ClH/c1-11-10-15(21)19-20-16(11)12-5-7-13(8-6-12)18-14-4-2-3-9-17-14;/h2-9,11H,10H2,1H3,(H,17,18)(H,19,21);1H. The summed E-state index contributed by atoms with van der Waals surface area (Å²) in [7, 11) is 0.